The molecule has 1 N–H and O–H groups in total. The number of benzene rings is 2. The minimum Gasteiger partial charge on any atom is -0.661 e. The van der Waals surface area contributed by atoms with Gasteiger partial charge in [0, 0.05) is 11.8 Å². The van der Waals surface area contributed by atoms with E-state index in [4.69, 9.17) is 5.11 Å². The van der Waals surface area contributed by atoms with Crippen molar-refractivity contribution in [1.29, 1.82) is 0 Å². The number of halogens is 6. The molecule has 12 heteroatoms. The van der Waals surface area contributed by atoms with Gasteiger partial charge in [0.1, 0.15) is 5.56 Å². The number of nitrogens with zero attached hydrogens (tertiary/aromatic N) is 3. The van der Waals surface area contributed by atoms with Crippen molar-refractivity contribution in [3.8, 4) is 11.3 Å². The summed E-state index contributed by atoms with van der Waals surface area (Å²) >= 11 is 1.38. The zero-order valence-electron chi connectivity index (χ0n) is 17.8. The molecule has 0 spiro atoms. The summed E-state index contributed by atoms with van der Waals surface area (Å²) in [6.07, 6.45) is -6.40. The van der Waals surface area contributed by atoms with E-state index in [-0.39, 0.29) is 23.7 Å². The molecule has 0 saturated heterocycles. The van der Waals surface area contributed by atoms with Crippen molar-refractivity contribution in [2.45, 2.75) is 24.1 Å². The molecule has 0 fully saturated rings. The van der Waals surface area contributed by atoms with Gasteiger partial charge in [0.25, 0.3) is 0 Å². The first-order chi connectivity index (χ1) is 15.9. The van der Waals surface area contributed by atoms with E-state index in [0.29, 0.717) is 23.0 Å². The van der Waals surface area contributed by atoms with E-state index in [0.717, 1.165) is 5.56 Å². The largest absolute Gasteiger partial charge is 0.661 e. The quantitative estimate of drug-likeness (QED) is 0.236. The van der Waals surface area contributed by atoms with Gasteiger partial charge in [-0.1, -0.05) is 47.7 Å². The maximum absolute atomic E-state index is 12.4. The lowest BCUT2D eigenvalue weighted by atomic mass is 10.0. The van der Waals surface area contributed by atoms with Gasteiger partial charge in [0.15, 0.2) is 5.16 Å². The van der Waals surface area contributed by atoms with Crippen molar-refractivity contribution in [3.63, 3.8) is 0 Å². The summed E-state index contributed by atoms with van der Waals surface area (Å²) in [4.78, 5) is 19.3. The van der Waals surface area contributed by atoms with Crippen LogP contribution in [0.15, 0.2) is 59.9 Å². The number of rotatable bonds is 5. The molecule has 0 unspecified atom stereocenters. The van der Waals surface area contributed by atoms with E-state index >= 15 is 0 Å². The molecule has 0 amide bonds. The number of carboxylic acid groups (broad SMARTS) is 1. The van der Waals surface area contributed by atoms with E-state index in [1.807, 2.05) is 36.6 Å². The van der Waals surface area contributed by atoms with Crippen LogP contribution in [0.25, 0.3) is 16.6 Å². The van der Waals surface area contributed by atoms with Gasteiger partial charge < -0.3 is 10.4 Å². The summed E-state index contributed by atoms with van der Waals surface area (Å²) in [5.41, 5.74) is -1.39. The lowest BCUT2D eigenvalue weighted by Crippen LogP contribution is -2.11. The summed E-state index contributed by atoms with van der Waals surface area (Å²) in [7, 11) is 1.31. The Labute approximate surface area is 195 Å². The van der Waals surface area contributed by atoms with E-state index < -0.39 is 29.4 Å². The minimum atomic E-state index is -4.80. The predicted molar refractivity (Wildman–Crippen MR) is 116 cm³/mol. The van der Waals surface area contributed by atoms with Crippen molar-refractivity contribution in [1.82, 2.24) is 9.97 Å². The fourth-order valence-corrected chi connectivity index (χ4v) is 3.07. The third kappa shape index (κ3) is 7.45. The lowest BCUT2D eigenvalue weighted by Gasteiger charge is -2.17. The van der Waals surface area contributed by atoms with Crippen LogP contribution in [0, 0.1) is 0 Å². The van der Waals surface area contributed by atoms with Crippen LogP contribution in [0.5, 0.6) is 0 Å². The molecule has 0 saturated carbocycles. The van der Waals surface area contributed by atoms with Gasteiger partial charge in [0.05, 0.1) is 16.8 Å². The third-order valence-electron chi connectivity index (χ3n) is 4.22. The van der Waals surface area contributed by atoms with Crippen molar-refractivity contribution in [2.75, 3.05) is 13.3 Å². The summed E-state index contributed by atoms with van der Waals surface area (Å²) in [5, 5.41) is 13.2. The Morgan fingerprint density at radius 2 is 1.56 bits per heavy atom. The number of hydrogen-bond acceptors (Lipinski definition) is 4. The monoisotopic (exact) mass is 502 g/mol. The summed E-state index contributed by atoms with van der Waals surface area (Å²) < 4.78 is 74.3. The highest BCUT2D eigenvalue weighted by Gasteiger charge is 2.36. The second-order valence-electron chi connectivity index (χ2n) is 6.68. The van der Waals surface area contributed by atoms with E-state index in [1.54, 1.807) is 0 Å². The second-order valence-corrected chi connectivity index (χ2v) is 7.45. The lowest BCUT2D eigenvalue weighted by molar-refractivity contribution is -0.143. The molecule has 2 aromatic carbocycles. The van der Waals surface area contributed by atoms with Crippen LogP contribution in [0.1, 0.15) is 27.0 Å². The van der Waals surface area contributed by atoms with Crippen LogP contribution in [-0.2, 0) is 18.9 Å². The Balaban J connectivity index is 0.000000240. The van der Waals surface area contributed by atoms with Gasteiger partial charge in [-0.05, 0) is 24.5 Å². The molecule has 1 heterocycles. The number of hydrogen-bond donors (Lipinski definition) is 1. The van der Waals surface area contributed by atoms with Crippen LogP contribution in [0.3, 0.4) is 0 Å². The Hall–Kier alpha value is -3.12. The van der Waals surface area contributed by atoms with Crippen LogP contribution >= 0.6 is 11.8 Å². The van der Waals surface area contributed by atoms with E-state index in [9.17, 15) is 31.1 Å². The number of carboxylic acids is 1. The SMILES string of the molecule is CSc1ncc(C(=O)O)c(-c2ccccc2)n1.C[N-]Cc1cc(C(F)(F)F)cc(C(F)(F)F)c1. The molecule has 1 aromatic heterocycles. The molecular weight excluding hydrogens is 484 g/mol. The van der Waals surface area contributed by atoms with Crippen LogP contribution in [-0.4, -0.2) is 34.3 Å². The second kappa shape index (κ2) is 11.3. The van der Waals surface area contributed by atoms with Crippen molar-refractivity contribution >= 4 is 17.7 Å². The van der Waals surface area contributed by atoms with Crippen LogP contribution < -0.4 is 0 Å². The molecule has 3 rings (SSSR count). The zero-order chi connectivity index (χ0) is 25.5. The highest BCUT2D eigenvalue weighted by molar-refractivity contribution is 7.98. The fraction of sp³-hybridized carbons (Fsp3) is 0.227. The number of thioether (sulfide) groups is 1. The van der Waals surface area contributed by atoms with Gasteiger partial charge >= 0.3 is 18.3 Å². The predicted octanol–water partition coefficient (Wildman–Crippen LogP) is 6.79. The molecule has 0 aliphatic rings. The highest BCUT2D eigenvalue weighted by atomic mass is 32.2. The number of aromatic carboxylic acids is 1. The van der Waals surface area contributed by atoms with E-state index in [2.05, 4.69) is 15.3 Å². The van der Waals surface area contributed by atoms with Gasteiger partial charge in [-0.3, -0.25) is 0 Å². The van der Waals surface area contributed by atoms with Gasteiger partial charge in [-0.15, -0.1) is 6.54 Å². The smallest absolute Gasteiger partial charge is 0.416 e. The molecule has 3 aromatic rings. The van der Waals surface area contributed by atoms with Crippen molar-refractivity contribution in [2.24, 2.45) is 0 Å². The number of carbonyl (C=O) groups is 1. The molecule has 0 aliphatic heterocycles. The average molecular weight is 502 g/mol. The topological polar surface area (TPSA) is 77.2 Å². The zero-order valence-corrected chi connectivity index (χ0v) is 18.6. The first-order valence-corrected chi connectivity index (χ1v) is 10.6. The maximum atomic E-state index is 12.4. The maximum Gasteiger partial charge on any atom is 0.416 e. The Morgan fingerprint density at radius 3 is 2.00 bits per heavy atom. The standard InChI is InChI=1S/C12H10N2O2S.C10H8F6N/c1-17-12-13-7-9(11(15)16)10(14-12)8-5-3-2-4-6-8;1-17-5-6-2-7(9(11,12)13)4-8(3-6)10(14,15)16/h2-7H,1H3,(H,15,16);2-4H,5H2,1H3/q;-1. The summed E-state index contributed by atoms with van der Waals surface area (Å²) in [6, 6.07) is 10.7. The van der Waals surface area contributed by atoms with Gasteiger partial charge in [-0.25, -0.2) is 14.8 Å². The molecule has 0 radical (unpaired) electrons. The first kappa shape index (κ1) is 27.1. The molecule has 0 atom stereocenters. The highest BCUT2D eigenvalue weighted by Crippen LogP contribution is 2.36. The summed E-state index contributed by atoms with van der Waals surface area (Å²) in [5.74, 6) is -1.02. The Bertz CT molecular complexity index is 1090. The average Bonchev–Trinajstić information content (AvgIpc) is 2.78. The molecule has 182 valence electrons. The fourth-order valence-electron chi connectivity index (χ4n) is 2.73. The van der Waals surface area contributed by atoms with Crippen molar-refractivity contribution in [3.05, 3.63) is 82.3 Å². The minimum absolute atomic E-state index is 0.0964. The normalized spacial score (nSPS) is 11.5. The summed E-state index contributed by atoms with van der Waals surface area (Å²) in [6.45, 7) is -0.188. The Morgan fingerprint density at radius 1 is 1.00 bits per heavy atom. The molecule has 5 nitrogen and oxygen atoms in total. The number of aromatic nitrogens is 2. The van der Waals surface area contributed by atoms with Crippen molar-refractivity contribution < 1.29 is 36.2 Å². The molecule has 0 aliphatic carbocycles. The third-order valence-corrected chi connectivity index (χ3v) is 4.78. The molecule has 0 bridgehead atoms. The van der Waals surface area contributed by atoms with Crippen LogP contribution in [0.4, 0.5) is 26.3 Å². The molecule has 34 heavy (non-hydrogen) atoms. The molecular formula is C22H18F6N3O2S-. The Kier molecular flexibility index (Phi) is 9.05. The first-order valence-electron chi connectivity index (χ1n) is 9.40. The van der Waals surface area contributed by atoms with Gasteiger partial charge in [0.2, 0.25) is 0 Å². The number of alkyl halides is 6. The van der Waals surface area contributed by atoms with Gasteiger partial charge in [-0.2, -0.15) is 33.4 Å². The van der Waals surface area contributed by atoms with Crippen LogP contribution in [0.2, 0.25) is 0 Å². The van der Waals surface area contributed by atoms with E-state index in [1.165, 1.54) is 25.0 Å².